The van der Waals surface area contributed by atoms with Crippen LogP contribution >= 0.6 is 0 Å². The lowest BCUT2D eigenvalue weighted by Gasteiger charge is -2.29. The molecule has 5 rings (SSSR count). The van der Waals surface area contributed by atoms with Gasteiger partial charge in [0.25, 0.3) is 0 Å². The highest BCUT2D eigenvalue weighted by Gasteiger charge is 2.26. The molecule has 1 fully saturated rings. The van der Waals surface area contributed by atoms with Crippen LogP contribution in [0.4, 0.5) is 13.2 Å². The number of aromatic nitrogens is 1. The van der Waals surface area contributed by atoms with Crippen molar-refractivity contribution in [3.63, 3.8) is 0 Å². The van der Waals surface area contributed by atoms with Crippen molar-refractivity contribution in [2.24, 2.45) is 11.7 Å². The number of ether oxygens (including phenoxy) is 1. The Kier molecular flexibility index (Phi) is 15.8. The number of primary amides is 1. The number of alkyl halides is 3. The molecule has 10 nitrogen and oxygen atoms in total. The van der Waals surface area contributed by atoms with Crippen LogP contribution < -0.4 is 21.1 Å². The van der Waals surface area contributed by atoms with E-state index in [4.69, 9.17) is 14.9 Å². The molecule has 2 aromatic heterocycles. The number of carbonyl (C=O) groups is 2. The smallest absolute Gasteiger partial charge is 0.405 e. The standard InChI is InChI=1S/C17H24N4O3.C9H10O.C3H4F3NO.C2H2/c18-17(23)12(7-14(22)11-21-5-3-19-4-6-21)8-15-9-13-10-20-2-1-16(13)24-15;1-2-6-9-8(4-1)5-3-7-10-9;4-3(5,6)1-7-2-8;1-2/h1-2,9-10,12,14,19,22H,3-8,11H2,(H2,18,23);1-2,4,6H,3,5,7H2;2H,1H2,(H,7,8);1-2H. The van der Waals surface area contributed by atoms with Crippen LogP contribution in [-0.2, 0) is 22.4 Å². The monoisotopic (exact) mass is 619 g/mol. The number of piperazine rings is 1. The van der Waals surface area contributed by atoms with E-state index in [1.54, 1.807) is 18.5 Å². The van der Waals surface area contributed by atoms with Crippen LogP contribution in [-0.4, -0.2) is 85.5 Å². The average Bonchev–Trinajstić information content (AvgIpc) is 3.44. The minimum Gasteiger partial charge on any atom is -0.493 e. The molecular formula is C31H40F3N5O5. The number of hydrogen-bond acceptors (Lipinski definition) is 8. The molecule has 2 atom stereocenters. The molecule has 4 heterocycles. The van der Waals surface area contributed by atoms with Gasteiger partial charge in [0.15, 0.2) is 0 Å². The van der Waals surface area contributed by atoms with Crippen LogP contribution in [0.15, 0.2) is 53.2 Å². The lowest BCUT2D eigenvalue weighted by atomic mass is 9.95. The number of aliphatic hydroxyl groups is 1. The Morgan fingerprint density at radius 3 is 2.57 bits per heavy atom. The molecule has 44 heavy (non-hydrogen) atoms. The predicted molar refractivity (Wildman–Crippen MR) is 161 cm³/mol. The van der Waals surface area contributed by atoms with Crippen LogP contribution in [0.25, 0.3) is 11.0 Å². The fourth-order valence-electron chi connectivity index (χ4n) is 4.63. The van der Waals surface area contributed by atoms with Gasteiger partial charge < -0.3 is 30.6 Å². The maximum absolute atomic E-state index is 11.8. The minimum absolute atomic E-state index is 0.00743. The number of aliphatic hydroxyl groups excluding tert-OH is 1. The van der Waals surface area contributed by atoms with E-state index in [0.29, 0.717) is 25.1 Å². The van der Waals surface area contributed by atoms with Crippen molar-refractivity contribution in [3.8, 4) is 18.6 Å². The molecule has 2 aliphatic heterocycles. The fraction of sp³-hybridized carbons (Fsp3) is 0.452. The van der Waals surface area contributed by atoms with Gasteiger partial charge in [0, 0.05) is 62.8 Å². The highest BCUT2D eigenvalue weighted by Crippen LogP contribution is 2.24. The molecule has 1 saturated heterocycles. The van der Waals surface area contributed by atoms with Gasteiger partial charge in [-0.25, -0.2) is 0 Å². The van der Waals surface area contributed by atoms with Crippen molar-refractivity contribution in [1.82, 2.24) is 20.5 Å². The Labute approximate surface area is 255 Å². The number of terminal acetylenes is 1. The van der Waals surface area contributed by atoms with Crippen LogP contribution in [0.1, 0.15) is 24.2 Å². The summed E-state index contributed by atoms with van der Waals surface area (Å²) in [5.41, 5.74) is 7.63. The number of benzene rings is 1. The zero-order valence-corrected chi connectivity index (χ0v) is 24.5. The summed E-state index contributed by atoms with van der Waals surface area (Å²) in [6.07, 6.45) is 9.60. The summed E-state index contributed by atoms with van der Waals surface area (Å²) < 4.78 is 44.2. The SMILES string of the molecule is C#C.NC(=O)C(Cc1cc2cnccc2o1)CC(O)CN1CCNCC1.O=CNCC(F)(F)F.c1ccc2c(c1)CCCO2. The molecule has 5 N–H and O–H groups in total. The summed E-state index contributed by atoms with van der Waals surface area (Å²) in [7, 11) is 0. The number of aryl methyl sites for hydroxylation is 1. The molecule has 0 saturated carbocycles. The van der Waals surface area contributed by atoms with E-state index in [9.17, 15) is 27.9 Å². The first kappa shape index (κ1) is 36.1. The number of halogens is 3. The highest BCUT2D eigenvalue weighted by atomic mass is 19.4. The first-order valence-corrected chi connectivity index (χ1v) is 14.2. The van der Waals surface area contributed by atoms with Gasteiger partial charge in [-0.05, 0) is 43.0 Å². The number of pyridine rings is 1. The third kappa shape index (κ3) is 13.5. The normalized spacial score (nSPS) is 15.7. The van der Waals surface area contributed by atoms with Gasteiger partial charge in [-0.3, -0.25) is 19.5 Å². The van der Waals surface area contributed by atoms with Crippen molar-refractivity contribution >= 4 is 23.3 Å². The van der Waals surface area contributed by atoms with E-state index in [1.165, 1.54) is 17.3 Å². The number of rotatable bonds is 9. The van der Waals surface area contributed by atoms with Crippen LogP contribution in [0.5, 0.6) is 5.75 Å². The third-order valence-electron chi connectivity index (χ3n) is 6.66. The number of amides is 2. The Morgan fingerprint density at radius 1 is 1.23 bits per heavy atom. The van der Waals surface area contributed by atoms with E-state index >= 15 is 0 Å². The summed E-state index contributed by atoms with van der Waals surface area (Å²) >= 11 is 0. The molecule has 1 aromatic carbocycles. The average molecular weight is 620 g/mol. The van der Waals surface area contributed by atoms with Crippen molar-refractivity contribution in [1.29, 1.82) is 0 Å². The van der Waals surface area contributed by atoms with Crippen LogP contribution in [0.2, 0.25) is 0 Å². The fourth-order valence-corrected chi connectivity index (χ4v) is 4.63. The van der Waals surface area contributed by atoms with Gasteiger partial charge >= 0.3 is 6.18 Å². The second kappa shape index (κ2) is 19.2. The van der Waals surface area contributed by atoms with Crippen molar-refractivity contribution in [2.75, 3.05) is 45.9 Å². The van der Waals surface area contributed by atoms with Crippen molar-refractivity contribution in [3.05, 3.63) is 60.1 Å². The topological polar surface area (TPSA) is 143 Å². The lowest BCUT2D eigenvalue weighted by molar-refractivity contribution is -0.132. The van der Waals surface area contributed by atoms with Crippen LogP contribution in [0.3, 0.4) is 0 Å². The second-order valence-corrected chi connectivity index (χ2v) is 10.0. The van der Waals surface area contributed by atoms with Gasteiger partial charge in [0.1, 0.15) is 23.6 Å². The number of furan rings is 1. The van der Waals surface area contributed by atoms with E-state index in [1.807, 2.05) is 18.2 Å². The third-order valence-corrected chi connectivity index (χ3v) is 6.66. The number of β-amino-alcohol motifs (C(OH)–C–C–N with tert-alkyl or cyclic N) is 1. The van der Waals surface area contributed by atoms with Crippen LogP contribution in [0, 0.1) is 18.8 Å². The molecular weight excluding hydrogens is 579 g/mol. The van der Waals surface area contributed by atoms with Crippen molar-refractivity contribution < 1.29 is 37.0 Å². The highest BCUT2D eigenvalue weighted by molar-refractivity contribution is 5.78. The molecule has 0 spiro atoms. The number of nitrogens with one attached hydrogen (secondary N) is 2. The van der Waals surface area contributed by atoms with E-state index < -0.39 is 30.7 Å². The molecule has 2 aliphatic rings. The molecule has 3 aromatic rings. The number of nitrogens with zero attached hydrogens (tertiary/aromatic N) is 2. The first-order chi connectivity index (χ1) is 21.1. The van der Waals surface area contributed by atoms with Crippen molar-refractivity contribution in [2.45, 2.75) is 38.0 Å². The number of fused-ring (bicyclic) bond motifs is 2. The molecule has 0 bridgehead atoms. The zero-order valence-electron chi connectivity index (χ0n) is 24.5. The molecule has 0 aliphatic carbocycles. The minimum atomic E-state index is -4.29. The predicted octanol–water partition coefficient (Wildman–Crippen LogP) is 2.68. The largest absolute Gasteiger partial charge is 0.493 e. The lowest BCUT2D eigenvalue weighted by Crippen LogP contribution is -2.46. The Hall–Kier alpha value is -4.12. The number of nitrogens with two attached hydrogens (primary N) is 1. The van der Waals surface area contributed by atoms with E-state index in [-0.39, 0.29) is 6.41 Å². The molecule has 240 valence electrons. The molecule has 2 unspecified atom stereocenters. The maximum Gasteiger partial charge on any atom is 0.405 e. The quantitative estimate of drug-likeness (QED) is 0.212. The van der Waals surface area contributed by atoms with Gasteiger partial charge in [-0.1, -0.05) is 18.2 Å². The maximum atomic E-state index is 11.8. The molecule has 0 radical (unpaired) electrons. The Morgan fingerprint density at radius 2 is 1.95 bits per heavy atom. The summed E-state index contributed by atoms with van der Waals surface area (Å²) in [5.74, 6) is 0.911. The second-order valence-electron chi connectivity index (χ2n) is 10.0. The van der Waals surface area contributed by atoms with E-state index in [2.05, 4.69) is 40.2 Å². The summed E-state index contributed by atoms with van der Waals surface area (Å²) in [6, 6.07) is 11.9. The zero-order chi connectivity index (χ0) is 32.4. The summed E-state index contributed by atoms with van der Waals surface area (Å²) in [5, 5.41) is 16.0. The Balaban J connectivity index is 0.000000276. The van der Waals surface area contributed by atoms with E-state index in [0.717, 1.165) is 55.9 Å². The first-order valence-electron chi connectivity index (χ1n) is 14.2. The number of hydrogen-bond donors (Lipinski definition) is 4. The molecule has 13 heteroatoms. The van der Waals surface area contributed by atoms with Gasteiger partial charge in [0.2, 0.25) is 12.3 Å². The van der Waals surface area contributed by atoms with Gasteiger partial charge in [0.05, 0.1) is 12.7 Å². The summed E-state index contributed by atoms with van der Waals surface area (Å²) in [6.45, 7) is 3.88. The molecule has 2 amide bonds. The number of para-hydroxylation sites is 1. The van der Waals surface area contributed by atoms with Gasteiger partial charge in [-0.2, -0.15) is 13.2 Å². The summed E-state index contributed by atoms with van der Waals surface area (Å²) in [4.78, 5) is 27.3. The number of carbonyl (C=O) groups excluding carboxylic acids is 2. The Bertz CT molecular complexity index is 1240. The van der Waals surface area contributed by atoms with Gasteiger partial charge in [-0.15, -0.1) is 12.8 Å².